The van der Waals surface area contributed by atoms with E-state index in [9.17, 15) is 4.79 Å². The standard InChI is InChI=1S/C12H24N2O/c1-4-7-10(5-2)13-12(15)11-8-6-9-14(11)3/h10-11H,4-9H2,1-3H3,(H,13,15)/t10?,11-/m0/s1. The molecule has 0 radical (unpaired) electrons. The van der Waals surface area contributed by atoms with E-state index in [0.29, 0.717) is 6.04 Å². The molecule has 0 aromatic rings. The lowest BCUT2D eigenvalue weighted by Gasteiger charge is -2.22. The Morgan fingerprint density at radius 3 is 2.73 bits per heavy atom. The summed E-state index contributed by atoms with van der Waals surface area (Å²) in [5.74, 6) is 0.232. The van der Waals surface area contributed by atoms with Crippen LogP contribution in [0.15, 0.2) is 0 Å². The smallest absolute Gasteiger partial charge is 0.237 e. The van der Waals surface area contributed by atoms with Crippen LogP contribution in [0.1, 0.15) is 46.0 Å². The number of hydrogen-bond donors (Lipinski definition) is 1. The molecule has 88 valence electrons. The van der Waals surface area contributed by atoms with Gasteiger partial charge in [-0.05, 0) is 39.3 Å². The third-order valence-electron chi connectivity index (χ3n) is 3.30. The average Bonchev–Trinajstić information content (AvgIpc) is 2.63. The number of likely N-dealkylation sites (tertiary alicyclic amines) is 1. The predicted octanol–water partition coefficient (Wildman–Crippen LogP) is 1.78. The largest absolute Gasteiger partial charge is 0.352 e. The summed E-state index contributed by atoms with van der Waals surface area (Å²) in [5.41, 5.74) is 0. The SMILES string of the molecule is CCCC(CC)NC(=O)[C@@H]1CCCN1C. The van der Waals surface area contributed by atoms with Crippen LogP contribution < -0.4 is 5.32 Å². The molecule has 0 aromatic carbocycles. The van der Waals surface area contributed by atoms with Crippen LogP contribution in [-0.2, 0) is 4.79 Å². The van der Waals surface area contributed by atoms with Crippen molar-refractivity contribution in [2.75, 3.05) is 13.6 Å². The van der Waals surface area contributed by atoms with Gasteiger partial charge in [0.25, 0.3) is 0 Å². The summed E-state index contributed by atoms with van der Waals surface area (Å²) < 4.78 is 0. The highest BCUT2D eigenvalue weighted by Crippen LogP contribution is 2.15. The molecule has 1 aliphatic rings. The maximum absolute atomic E-state index is 11.9. The third-order valence-corrected chi connectivity index (χ3v) is 3.30. The predicted molar refractivity (Wildman–Crippen MR) is 62.8 cm³/mol. The Bertz CT molecular complexity index is 206. The fourth-order valence-electron chi connectivity index (χ4n) is 2.27. The van der Waals surface area contributed by atoms with Crippen LogP contribution in [0.3, 0.4) is 0 Å². The van der Waals surface area contributed by atoms with Crippen molar-refractivity contribution in [3.63, 3.8) is 0 Å². The van der Waals surface area contributed by atoms with Gasteiger partial charge in [-0.1, -0.05) is 20.3 Å². The molecule has 1 amide bonds. The minimum Gasteiger partial charge on any atom is -0.352 e. The number of nitrogens with one attached hydrogen (secondary N) is 1. The Kier molecular flexibility index (Phi) is 5.09. The zero-order chi connectivity index (χ0) is 11.3. The molecule has 0 bridgehead atoms. The fraction of sp³-hybridized carbons (Fsp3) is 0.917. The van der Waals surface area contributed by atoms with Gasteiger partial charge in [0.15, 0.2) is 0 Å². The maximum Gasteiger partial charge on any atom is 0.237 e. The van der Waals surface area contributed by atoms with Gasteiger partial charge in [-0.15, -0.1) is 0 Å². The molecule has 1 heterocycles. The molecule has 0 saturated carbocycles. The van der Waals surface area contributed by atoms with Gasteiger partial charge in [0.05, 0.1) is 6.04 Å². The zero-order valence-corrected chi connectivity index (χ0v) is 10.3. The van der Waals surface area contributed by atoms with E-state index in [1.54, 1.807) is 0 Å². The molecule has 1 fully saturated rings. The summed E-state index contributed by atoms with van der Waals surface area (Å²) in [5, 5.41) is 3.16. The summed E-state index contributed by atoms with van der Waals surface area (Å²) in [4.78, 5) is 14.1. The van der Waals surface area contributed by atoms with Gasteiger partial charge >= 0.3 is 0 Å². The van der Waals surface area contributed by atoms with E-state index in [1.165, 1.54) is 0 Å². The van der Waals surface area contributed by atoms with Crippen molar-refractivity contribution >= 4 is 5.91 Å². The van der Waals surface area contributed by atoms with Crippen molar-refractivity contribution in [1.29, 1.82) is 0 Å². The van der Waals surface area contributed by atoms with Crippen molar-refractivity contribution in [3.05, 3.63) is 0 Å². The van der Waals surface area contributed by atoms with Crippen molar-refractivity contribution in [1.82, 2.24) is 10.2 Å². The Morgan fingerprint density at radius 2 is 2.27 bits per heavy atom. The second-order valence-corrected chi connectivity index (χ2v) is 4.54. The minimum atomic E-state index is 0.121. The Balaban J connectivity index is 2.39. The van der Waals surface area contributed by atoms with Crippen molar-refractivity contribution in [2.24, 2.45) is 0 Å². The molecule has 1 rings (SSSR count). The highest BCUT2D eigenvalue weighted by molar-refractivity contribution is 5.82. The first-order chi connectivity index (χ1) is 7.19. The average molecular weight is 212 g/mol. The summed E-state index contributed by atoms with van der Waals surface area (Å²) in [6, 6.07) is 0.493. The zero-order valence-electron chi connectivity index (χ0n) is 10.3. The molecule has 3 nitrogen and oxygen atoms in total. The van der Waals surface area contributed by atoms with E-state index in [0.717, 1.165) is 38.6 Å². The Morgan fingerprint density at radius 1 is 1.53 bits per heavy atom. The first-order valence-corrected chi connectivity index (χ1v) is 6.19. The number of carbonyl (C=O) groups is 1. The highest BCUT2D eigenvalue weighted by Gasteiger charge is 2.28. The van der Waals surface area contributed by atoms with Gasteiger partial charge in [-0.25, -0.2) is 0 Å². The molecule has 1 unspecified atom stereocenters. The Hall–Kier alpha value is -0.570. The van der Waals surface area contributed by atoms with E-state index < -0.39 is 0 Å². The number of carbonyl (C=O) groups excluding carboxylic acids is 1. The normalized spacial score (nSPS) is 24.1. The number of nitrogens with zero attached hydrogens (tertiary/aromatic N) is 1. The van der Waals surface area contributed by atoms with E-state index in [-0.39, 0.29) is 11.9 Å². The monoisotopic (exact) mass is 212 g/mol. The molecule has 15 heavy (non-hydrogen) atoms. The van der Waals surface area contributed by atoms with Crippen LogP contribution >= 0.6 is 0 Å². The molecular weight excluding hydrogens is 188 g/mol. The van der Waals surface area contributed by atoms with Crippen LogP contribution in [0, 0.1) is 0 Å². The van der Waals surface area contributed by atoms with Gasteiger partial charge in [0.1, 0.15) is 0 Å². The van der Waals surface area contributed by atoms with E-state index in [2.05, 4.69) is 24.1 Å². The molecule has 2 atom stereocenters. The first-order valence-electron chi connectivity index (χ1n) is 6.19. The molecule has 1 aliphatic heterocycles. The van der Waals surface area contributed by atoms with E-state index in [4.69, 9.17) is 0 Å². The second kappa shape index (κ2) is 6.11. The molecule has 0 spiro atoms. The van der Waals surface area contributed by atoms with E-state index >= 15 is 0 Å². The number of hydrogen-bond acceptors (Lipinski definition) is 2. The summed E-state index contributed by atoms with van der Waals surface area (Å²) in [6.07, 6.45) is 5.44. The van der Waals surface area contributed by atoms with Gasteiger partial charge in [-0.2, -0.15) is 0 Å². The van der Waals surface area contributed by atoms with Crippen LogP contribution in [0.2, 0.25) is 0 Å². The van der Waals surface area contributed by atoms with Crippen LogP contribution in [-0.4, -0.2) is 36.5 Å². The number of amides is 1. The fourth-order valence-corrected chi connectivity index (χ4v) is 2.27. The van der Waals surface area contributed by atoms with Crippen LogP contribution in [0.25, 0.3) is 0 Å². The van der Waals surface area contributed by atoms with Crippen LogP contribution in [0.4, 0.5) is 0 Å². The first kappa shape index (κ1) is 12.5. The Labute approximate surface area is 93.2 Å². The molecule has 0 aromatic heterocycles. The second-order valence-electron chi connectivity index (χ2n) is 4.54. The molecule has 1 N–H and O–H groups in total. The molecule has 3 heteroatoms. The van der Waals surface area contributed by atoms with Crippen molar-refractivity contribution < 1.29 is 4.79 Å². The summed E-state index contributed by atoms with van der Waals surface area (Å²) in [7, 11) is 2.04. The highest BCUT2D eigenvalue weighted by atomic mass is 16.2. The van der Waals surface area contributed by atoms with Crippen LogP contribution in [0.5, 0.6) is 0 Å². The molecular formula is C12H24N2O. The minimum absolute atomic E-state index is 0.121. The lowest BCUT2D eigenvalue weighted by atomic mass is 10.1. The number of likely N-dealkylation sites (N-methyl/N-ethyl adjacent to an activating group) is 1. The maximum atomic E-state index is 11.9. The molecule has 0 aliphatic carbocycles. The van der Waals surface area contributed by atoms with Crippen molar-refractivity contribution in [2.45, 2.75) is 58.0 Å². The van der Waals surface area contributed by atoms with Crippen molar-refractivity contribution in [3.8, 4) is 0 Å². The lowest BCUT2D eigenvalue weighted by molar-refractivity contribution is -0.125. The molecule has 1 saturated heterocycles. The van der Waals surface area contributed by atoms with E-state index in [1.807, 2.05) is 7.05 Å². The topological polar surface area (TPSA) is 32.3 Å². The van der Waals surface area contributed by atoms with Gasteiger partial charge in [0.2, 0.25) is 5.91 Å². The summed E-state index contributed by atoms with van der Waals surface area (Å²) in [6.45, 7) is 5.36. The lowest BCUT2D eigenvalue weighted by Crippen LogP contribution is -2.45. The third kappa shape index (κ3) is 3.49. The summed E-state index contributed by atoms with van der Waals surface area (Å²) >= 11 is 0. The number of rotatable bonds is 5. The van der Waals surface area contributed by atoms with Gasteiger partial charge in [0, 0.05) is 6.04 Å². The van der Waals surface area contributed by atoms with Gasteiger partial charge < -0.3 is 5.32 Å². The van der Waals surface area contributed by atoms with Gasteiger partial charge in [-0.3, -0.25) is 9.69 Å². The quantitative estimate of drug-likeness (QED) is 0.753.